The Balaban J connectivity index is 2.03. The third-order valence-electron chi connectivity index (χ3n) is 2.98. The first kappa shape index (κ1) is 13.8. The van der Waals surface area contributed by atoms with Crippen LogP contribution >= 0.6 is 15.9 Å². The third-order valence-corrected chi connectivity index (χ3v) is 3.39. The molecule has 0 fully saturated rings. The van der Waals surface area contributed by atoms with Gasteiger partial charge < -0.3 is 5.32 Å². The Kier molecular flexibility index (Phi) is 4.37. The molecule has 1 N–H and O–H groups in total. The van der Waals surface area contributed by atoms with Gasteiger partial charge >= 0.3 is 0 Å². The maximum atomic E-state index is 12.1. The highest BCUT2D eigenvalue weighted by molar-refractivity contribution is 9.10. The van der Waals surface area contributed by atoms with E-state index < -0.39 is 0 Å². The van der Waals surface area contributed by atoms with Crippen LogP contribution in [0.5, 0.6) is 0 Å². The summed E-state index contributed by atoms with van der Waals surface area (Å²) in [6.07, 6.45) is 4.44. The normalized spacial score (nSPS) is 12.2. The van der Waals surface area contributed by atoms with Gasteiger partial charge in [-0.25, -0.2) is 0 Å². The number of aryl methyl sites for hydroxylation is 1. The van der Waals surface area contributed by atoms with E-state index in [1.54, 1.807) is 17.1 Å². The molecular formula is C14H16BrN3O. The molecule has 1 heterocycles. The van der Waals surface area contributed by atoms with E-state index in [2.05, 4.69) is 33.3 Å². The number of benzene rings is 1. The van der Waals surface area contributed by atoms with Crippen LogP contribution in [0.3, 0.4) is 0 Å². The molecule has 0 radical (unpaired) electrons. The number of aromatic nitrogens is 2. The van der Waals surface area contributed by atoms with Crippen molar-refractivity contribution in [2.24, 2.45) is 0 Å². The lowest BCUT2D eigenvalue weighted by molar-refractivity contribution is -0.119. The summed E-state index contributed by atoms with van der Waals surface area (Å²) in [5.74, 6) is -0.0835. The Labute approximate surface area is 120 Å². The van der Waals surface area contributed by atoms with Gasteiger partial charge in [-0.15, -0.1) is 0 Å². The van der Waals surface area contributed by atoms with E-state index >= 15 is 0 Å². The number of anilines is 1. The molecular weight excluding hydrogens is 306 g/mol. The van der Waals surface area contributed by atoms with Gasteiger partial charge in [-0.1, -0.05) is 19.1 Å². The number of rotatable bonds is 4. The van der Waals surface area contributed by atoms with Crippen LogP contribution < -0.4 is 5.32 Å². The summed E-state index contributed by atoms with van der Waals surface area (Å²) in [4.78, 5) is 12.1. The van der Waals surface area contributed by atoms with Crippen molar-refractivity contribution in [2.75, 3.05) is 5.32 Å². The van der Waals surface area contributed by atoms with Crippen LogP contribution in [-0.2, 0) is 11.2 Å². The summed E-state index contributed by atoms with van der Waals surface area (Å²) < 4.78 is 2.49. The molecule has 1 amide bonds. The van der Waals surface area contributed by atoms with Crippen LogP contribution in [0.25, 0.3) is 0 Å². The largest absolute Gasteiger partial charge is 0.324 e. The SMILES string of the molecule is CCc1ccc(NC(=O)C(C)n2cc(Br)cn2)cc1. The van der Waals surface area contributed by atoms with E-state index in [1.165, 1.54) is 5.56 Å². The summed E-state index contributed by atoms with van der Waals surface area (Å²) >= 11 is 3.32. The van der Waals surface area contributed by atoms with Crippen molar-refractivity contribution < 1.29 is 4.79 Å². The molecule has 0 saturated heterocycles. The molecule has 1 aromatic heterocycles. The van der Waals surface area contributed by atoms with Crippen molar-refractivity contribution in [1.29, 1.82) is 0 Å². The lowest BCUT2D eigenvalue weighted by Gasteiger charge is -2.12. The predicted molar refractivity (Wildman–Crippen MR) is 79.1 cm³/mol. The number of amides is 1. The Hall–Kier alpha value is -1.62. The second-order valence-corrected chi connectivity index (χ2v) is 5.27. The minimum absolute atomic E-state index is 0.0835. The van der Waals surface area contributed by atoms with Gasteiger partial charge in [0.15, 0.2) is 0 Å². The highest BCUT2D eigenvalue weighted by Crippen LogP contribution is 2.15. The fourth-order valence-electron chi connectivity index (χ4n) is 1.72. The predicted octanol–water partition coefficient (Wildman–Crippen LogP) is 3.41. The quantitative estimate of drug-likeness (QED) is 0.938. The van der Waals surface area contributed by atoms with Crippen LogP contribution in [0, 0.1) is 0 Å². The zero-order valence-corrected chi connectivity index (χ0v) is 12.5. The maximum absolute atomic E-state index is 12.1. The number of carbonyl (C=O) groups excluding carboxylic acids is 1. The van der Waals surface area contributed by atoms with Gasteiger partial charge in [0, 0.05) is 11.9 Å². The molecule has 1 atom stereocenters. The fraction of sp³-hybridized carbons (Fsp3) is 0.286. The van der Waals surface area contributed by atoms with Crippen molar-refractivity contribution >= 4 is 27.5 Å². The molecule has 4 nitrogen and oxygen atoms in total. The van der Waals surface area contributed by atoms with E-state index in [9.17, 15) is 4.79 Å². The lowest BCUT2D eigenvalue weighted by atomic mass is 10.1. The van der Waals surface area contributed by atoms with E-state index in [1.807, 2.05) is 31.2 Å². The van der Waals surface area contributed by atoms with Gasteiger partial charge in [0.1, 0.15) is 6.04 Å². The number of carbonyl (C=O) groups is 1. The van der Waals surface area contributed by atoms with Gasteiger partial charge in [-0.2, -0.15) is 5.10 Å². The molecule has 2 rings (SSSR count). The molecule has 0 saturated carbocycles. The second-order valence-electron chi connectivity index (χ2n) is 4.35. The standard InChI is InChI=1S/C14H16BrN3O/c1-3-11-4-6-13(7-5-11)17-14(19)10(2)18-9-12(15)8-16-18/h4-10H,3H2,1-2H3,(H,17,19). The van der Waals surface area contributed by atoms with Crippen LogP contribution in [0.4, 0.5) is 5.69 Å². The summed E-state index contributed by atoms with van der Waals surface area (Å²) in [7, 11) is 0. The first-order valence-electron chi connectivity index (χ1n) is 6.19. The minimum Gasteiger partial charge on any atom is -0.324 e. The average Bonchev–Trinajstić information content (AvgIpc) is 2.85. The number of nitrogens with one attached hydrogen (secondary N) is 1. The van der Waals surface area contributed by atoms with Gasteiger partial charge in [-0.3, -0.25) is 9.48 Å². The van der Waals surface area contributed by atoms with Gasteiger partial charge in [0.25, 0.3) is 0 Å². The van der Waals surface area contributed by atoms with Crippen LogP contribution in [-0.4, -0.2) is 15.7 Å². The molecule has 0 aliphatic carbocycles. The molecule has 5 heteroatoms. The highest BCUT2D eigenvalue weighted by Gasteiger charge is 2.15. The zero-order valence-electron chi connectivity index (χ0n) is 10.9. The molecule has 0 aliphatic rings. The van der Waals surface area contributed by atoms with E-state index in [0.717, 1.165) is 16.6 Å². The number of hydrogen-bond donors (Lipinski definition) is 1. The van der Waals surface area contributed by atoms with E-state index in [4.69, 9.17) is 0 Å². The molecule has 1 unspecified atom stereocenters. The fourth-order valence-corrected chi connectivity index (χ4v) is 2.02. The van der Waals surface area contributed by atoms with Crippen LogP contribution in [0.1, 0.15) is 25.5 Å². The summed E-state index contributed by atoms with van der Waals surface area (Å²) in [6, 6.07) is 7.53. The summed E-state index contributed by atoms with van der Waals surface area (Å²) in [5, 5.41) is 7.00. The van der Waals surface area contributed by atoms with E-state index in [0.29, 0.717) is 0 Å². The Morgan fingerprint density at radius 3 is 2.63 bits per heavy atom. The van der Waals surface area contributed by atoms with Crippen LogP contribution in [0.15, 0.2) is 41.1 Å². The van der Waals surface area contributed by atoms with Gasteiger partial charge in [0.2, 0.25) is 5.91 Å². The second kappa shape index (κ2) is 6.02. The average molecular weight is 322 g/mol. The topological polar surface area (TPSA) is 46.9 Å². The molecule has 1 aromatic carbocycles. The highest BCUT2D eigenvalue weighted by atomic mass is 79.9. The molecule has 0 bridgehead atoms. The first-order valence-corrected chi connectivity index (χ1v) is 6.99. The third kappa shape index (κ3) is 3.44. The molecule has 19 heavy (non-hydrogen) atoms. The molecule has 100 valence electrons. The van der Waals surface area contributed by atoms with Crippen molar-refractivity contribution in [3.8, 4) is 0 Å². The van der Waals surface area contributed by atoms with Crippen molar-refractivity contribution in [2.45, 2.75) is 26.3 Å². The van der Waals surface area contributed by atoms with Crippen LogP contribution in [0.2, 0.25) is 0 Å². The smallest absolute Gasteiger partial charge is 0.248 e. The van der Waals surface area contributed by atoms with Gasteiger partial charge in [-0.05, 0) is 47.0 Å². The minimum atomic E-state index is -0.350. The lowest BCUT2D eigenvalue weighted by Crippen LogP contribution is -2.23. The molecule has 2 aromatic rings. The molecule has 0 aliphatic heterocycles. The van der Waals surface area contributed by atoms with Crippen molar-refractivity contribution in [3.05, 3.63) is 46.7 Å². The Morgan fingerprint density at radius 2 is 2.11 bits per heavy atom. The Bertz CT molecular complexity index is 562. The maximum Gasteiger partial charge on any atom is 0.248 e. The molecule has 0 spiro atoms. The number of hydrogen-bond acceptors (Lipinski definition) is 2. The van der Waals surface area contributed by atoms with Gasteiger partial charge in [0.05, 0.1) is 10.7 Å². The zero-order chi connectivity index (χ0) is 13.8. The Morgan fingerprint density at radius 1 is 1.42 bits per heavy atom. The van der Waals surface area contributed by atoms with Crippen molar-refractivity contribution in [3.63, 3.8) is 0 Å². The monoisotopic (exact) mass is 321 g/mol. The first-order chi connectivity index (χ1) is 9.10. The number of halogens is 1. The number of nitrogens with zero attached hydrogens (tertiary/aromatic N) is 2. The summed E-state index contributed by atoms with van der Waals surface area (Å²) in [5.41, 5.74) is 2.06. The van der Waals surface area contributed by atoms with E-state index in [-0.39, 0.29) is 11.9 Å². The van der Waals surface area contributed by atoms with Crippen molar-refractivity contribution in [1.82, 2.24) is 9.78 Å². The summed E-state index contributed by atoms with van der Waals surface area (Å²) in [6.45, 7) is 3.92.